The molecule has 0 atom stereocenters. The molecule has 0 aliphatic rings. The van der Waals surface area contributed by atoms with Gasteiger partial charge in [-0.1, -0.05) is 18.2 Å². The molecule has 1 amide bonds. The van der Waals surface area contributed by atoms with E-state index < -0.39 is 0 Å². The number of amides is 1. The maximum atomic E-state index is 12.7. The standard InChI is InChI=1S/C25H28N6O2S/c1-4-33-21-12-10-19(11-13-21)24-27-28-25(34)30(24)15-14-23(32)26-16-22-17(2)29-31(18(22)3)20-8-6-5-7-9-20/h5-13H,4,14-16H2,1-3H3,(H,26,32)(H,28,34). The number of nitrogens with zero attached hydrogens (tertiary/aromatic N) is 4. The highest BCUT2D eigenvalue weighted by atomic mass is 32.1. The van der Waals surface area contributed by atoms with Crippen molar-refractivity contribution in [3.8, 4) is 22.8 Å². The molecule has 4 aromatic rings. The summed E-state index contributed by atoms with van der Waals surface area (Å²) in [5, 5.41) is 14.8. The van der Waals surface area contributed by atoms with Gasteiger partial charge in [-0.25, -0.2) is 4.68 Å². The highest BCUT2D eigenvalue weighted by Crippen LogP contribution is 2.22. The molecule has 9 heteroatoms. The Bertz CT molecular complexity index is 1320. The molecule has 0 unspecified atom stereocenters. The lowest BCUT2D eigenvalue weighted by Crippen LogP contribution is -2.24. The van der Waals surface area contributed by atoms with Crippen LogP contribution < -0.4 is 10.1 Å². The van der Waals surface area contributed by atoms with Gasteiger partial charge >= 0.3 is 0 Å². The van der Waals surface area contributed by atoms with E-state index in [2.05, 4.69) is 20.6 Å². The van der Waals surface area contributed by atoms with Crippen molar-refractivity contribution in [3.05, 3.63) is 76.3 Å². The highest BCUT2D eigenvalue weighted by Gasteiger charge is 2.15. The fraction of sp³-hybridized carbons (Fsp3) is 0.280. The van der Waals surface area contributed by atoms with Gasteiger partial charge in [0.15, 0.2) is 10.6 Å². The molecule has 0 fully saturated rings. The molecule has 8 nitrogen and oxygen atoms in total. The van der Waals surface area contributed by atoms with E-state index in [-0.39, 0.29) is 12.3 Å². The normalized spacial score (nSPS) is 10.9. The number of aryl methyl sites for hydroxylation is 1. The Hall–Kier alpha value is -3.72. The number of carbonyl (C=O) groups excluding carboxylic acids is 1. The third-order valence-electron chi connectivity index (χ3n) is 5.65. The van der Waals surface area contributed by atoms with Crippen LogP contribution in [0.3, 0.4) is 0 Å². The number of aromatic amines is 1. The van der Waals surface area contributed by atoms with Crippen LogP contribution in [0, 0.1) is 18.6 Å². The number of para-hydroxylation sites is 1. The minimum Gasteiger partial charge on any atom is -0.494 e. The van der Waals surface area contributed by atoms with Gasteiger partial charge in [0, 0.05) is 36.3 Å². The van der Waals surface area contributed by atoms with Gasteiger partial charge in [-0.2, -0.15) is 10.2 Å². The van der Waals surface area contributed by atoms with Crippen molar-refractivity contribution in [1.29, 1.82) is 0 Å². The van der Waals surface area contributed by atoms with Crippen molar-refractivity contribution in [1.82, 2.24) is 29.9 Å². The van der Waals surface area contributed by atoms with Gasteiger partial charge in [-0.3, -0.25) is 14.5 Å². The summed E-state index contributed by atoms with van der Waals surface area (Å²) in [5.41, 5.74) is 4.83. The van der Waals surface area contributed by atoms with Gasteiger partial charge in [-0.15, -0.1) is 0 Å². The van der Waals surface area contributed by atoms with E-state index >= 15 is 0 Å². The third kappa shape index (κ3) is 5.09. The zero-order valence-electron chi connectivity index (χ0n) is 19.5. The lowest BCUT2D eigenvalue weighted by molar-refractivity contribution is -0.121. The summed E-state index contributed by atoms with van der Waals surface area (Å²) in [4.78, 5) is 12.7. The molecule has 4 rings (SSSR count). The second-order valence-electron chi connectivity index (χ2n) is 7.88. The first-order valence-corrected chi connectivity index (χ1v) is 11.6. The summed E-state index contributed by atoms with van der Waals surface area (Å²) >= 11 is 5.39. The molecule has 0 aliphatic heterocycles. The molecule has 176 valence electrons. The molecule has 2 N–H and O–H groups in total. The lowest BCUT2D eigenvalue weighted by Gasteiger charge is -2.09. The van der Waals surface area contributed by atoms with Crippen LogP contribution in [0.15, 0.2) is 54.6 Å². The van der Waals surface area contributed by atoms with Crippen LogP contribution in [0.25, 0.3) is 17.1 Å². The largest absolute Gasteiger partial charge is 0.494 e. The Morgan fingerprint density at radius 2 is 1.85 bits per heavy atom. The summed E-state index contributed by atoms with van der Waals surface area (Å²) in [6, 6.07) is 17.6. The minimum atomic E-state index is -0.0630. The molecule has 0 bridgehead atoms. The van der Waals surface area contributed by atoms with E-state index in [0.29, 0.717) is 30.3 Å². The van der Waals surface area contributed by atoms with E-state index in [1.807, 2.05) is 84.6 Å². The number of rotatable bonds is 9. The van der Waals surface area contributed by atoms with Gasteiger partial charge in [0.25, 0.3) is 0 Å². The van der Waals surface area contributed by atoms with Crippen LogP contribution in [-0.2, 0) is 17.9 Å². The predicted octanol–water partition coefficient (Wildman–Crippen LogP) is 4.52. The molecular weight excluding hydrogens is 448 g/mol. The van der Waals surface area contributed by atoms with Crippen molar-refractivity contribution in [2.24, 2.45) is 0 Å². The molecule has 0 aliphatic carbocycles. The Morgan fingerprint density at radius 3 is 2.56 bits per heavy atom. The number of nitrogens with one attached hydrogen (secondary N) is 2. The van der Waals surface area contributed by atoms with Crippen LogP contribution in [0.1, 0.15) is 30.3 Å². The average molecular weight is 477 g/mol. The molecule has 0 saturated heterocycles. The van der Waals surface area contributed by atoms with Crippen LogP contribution in [0.2, 0.25) is 0 Å². The third-order valence-corrected chi connectivity index (χ3v) is 5.96. The Balaban J connectivity index is 1.40. The number of carbonyl (C=O) groups is 1. The van der Waals surface area contributed by atoms with Gasteiger partial charge in [0.05, 0.1) is 18.0 Å². The maximum Gasteiger partial charge on any atom is 0.222 e. The number of hydrogen-bond donors (Lipinski definition) is 2. The van der Waals surface area contributed by atoms with E-state index in [0.717, 1.165) is 34.0 Å². The predicted molar refractivity (Wildman–Crippen MR) is 134 cm³/mol. The van der Waals surface area contributed by atoms with Gasteiger partial charge in [-0.05, 0) is 69.4 Å². The monoisotopic (exact) mass is 476 g/mol. The SMILES string of the molecule is CCOc1ccc(-c2n[nH]c(=S)n2CCC(=O)NCc2c(C)nn(-c3ccccc3)c2C)cc1. The van der Waals surface area contributed by atoms with Crippen molar-refractivity contribution in [2.75, 3.05) is 6.61 Å². The molecule has 2 aromatic heterocycles. The summed E-state index contributed by atoms with van der Waals surface area (Å²) in [5.74, 6) is 1.43. The van der Waals surface area contributed by atoms with Crippen molar-refractivity contribution in [3.63, 3.8) is 0 Å². The number of hydrogen-bond acceptors (Lipinski definition) is 5. The first kappa shape index (κ1) is 23.4. The second-order valence-corrected chi connectivity index (χ2v) is 8.27. The number of H-pyrrole nitrogens is 1. The smallest absolute Gasteiger partial charge is 0.222 e. The van der Waals surface area contributed by atoms with E-state index in [4.69, 9.17) is 17.0 Å². The Labute approximate surface area is 203 Å². The number of benzene rings is 2. The van der Waals surface area contributed by atoms with Crippen LogP contribution in [0.4, 0.5) is 0 Å². The highest BCUT2D eigenvalue weighted by molar-refractivity contribution is 7.71. The summed E-state index contributed by atoms with van der Waals surface area (Å²) in [6.07, 6.45) is 0.281. The second kappa shape index (κ2) is 10.5. The summed E-state index contributed by atoms with van der Waals surface area (Å²) in [7, 11) is 0. The maximum absolute atomic E-state index is 12.7. The van der Waals surface area contributed by atoms with E-state index in [1.54, 1.807) is 0 Å². The topological polar surface area (TPSA) is 89.8 Å². The number of aromatic nitrogens is 5. The average Bonchev–Trinajstić information content (AvgIpc) is 3.36. The first-order valence-electron chi connectivity index (χ1n) is 11.2. The molecule has 34 heavy (non-hydrogen) atoms. The zero-order chi connectivity index (χ0) is 24.1. The van der Waals surface area contributed by atoms with E-state index in [1.165, 1.54) is 0 Å². The molecule has 0 radical (unpaired) electrons. The van der Waals surface area contributed by atoms with Crippen molar-refractivity contribution >= 4 is 18.1 Å². The van der Waals surface area contributed by atoms with Crippen LogP contribution >= 0.6 is 12.2 Å². The van der Waals surface area contributed by atoms with Gasteiger partial charge in [0.2, 0.25) is 5.91 Å². The Kier molecular flexibility index (Phi) is 7.22. The van der Waals surface area contributed by atoms with Crippen molar-refractivity contribution < 1.29 is 9.53 Å². The summed E-state index contributed by atoms with van der Waals surface area (Å²) in [6.45, 7) is 7.38. The number of ether oxygens (including phenoxy) is 1. The lowest BCUT2D eigenvalue weighted by atomic mass is 10.2. The molecule has 0 spiro atoms. The fourth-order valence-electron chi connectivity index (χ4n) is 3.85. The zero-order valence-corrected chi connectivity index (χ0v) is 20.4. The molecule has 2 heterocycles. The van der Waals surface area contributed by atoms with Crippen LogP contribution in [0.5, 0.6) is 5.75 Å². The molecular formula is C25H28N6O2S. The van der Waals surface area contributed by atoms with Crippen LogP contribution in [-0.4, -0.2) is 37.1 Å². The first-order chi connectivity index (χ1) is 16.5. The summed E-state index contributed by atoms with van der Waals surface area (Å²) < 4.78 is 9.73. The van der Waals surface area contributed by atoms with E-state index in [9.17, 15) is 4.79 Å². The quantitative estimate of drug-likeness (QED) is 0.347. The van der Waals surface area contributed by atoms with Gasteiger partial charge < -0.3 is 10.1 Å². The molecule has 0 saturated carbocycles. The van der Waals surface area contributed by atoms with Crippen molar-refractivity contribution in [2.45, 2.75) is 40.3 Å². The minimum absolute atomic E-state index is 0.0630. The fourth-order valence-corrected chi connectivity index (χ4v) is 4.08. The van der Waals surface area contributed by atoms with Gasteiger partial charge in [0.1, 0.15) is 5.75 Å². The molecule has 2 aromatic carbocycles. The Morgan fingerprint density at radius 1 is 1.12 bits per heavy atom.